The van der Waals surface area contributed by atoms with E-state index in [1.54, 1.807) is 24.3 Å². The minimum atomic E-state index is -0.747. The standard InChI is InChI=1S/C25H18N4O8/c1-35-24(31)21-10-9-18(37-21)13-28-23(30)19(27-25(28)32)11-15-7-4-8-20(29(33)34)22(15)36-14-17-6-3-2-5-16(17)12-26/h2-11H,13-14H2,1H3,(H,27,32)/b19-11-. The normalized spacial score (nSPS) is 13.8. The second-order valence-corrected chi connectivity index (χ2v) is 7.65. The molecule has 1 N–H and O–H groups in total. The van der Waals surface area contributed by atoms with Crippen LogP contribution in [0, 0.1) is 21.4 Å². The summed E-state index contributed by atoms with van der Waals surface area (Å²) in [5.74, 6) is -1.48. The molecule has 0 saturated carbocycles. The van der Waals surface area contributed by atoms with E-state index in [-0.39, 0.29) is 47.4 Å². The second-order valence-electron chi connectivity index (χ2n) is 7.65. The Balaban J connectivity index is 1.61. The van der Waals surface area contributed by atoms with E-state index in [2.05, 4.69) is 10.1 Å². The molecule has 2 aromatic carbocycles. The number of carbonyl (C=O) groups excluding carboxylic acids is 3. The maximum atomic E-state index is 12.9. The summed E-state index contributed by atoms with van der Waals surface area (Å²) in [5, 5.41) is 23.4. The molecule has 3 amide bonds. The van der Waals surface area contributed by atoms with Crippen molar-refractivity contribution in [3.63, 3.8) is 0 Å². The maximum Gasteiger partial charge on any atom is 0.373 e. The largest absolute Gasteiger partial charge is 0.481 e. The number of furan rings is 1. The molecule has 1 aromatic heterocycles. The molecule has 1 saturated heterocycles. The van der Waals surface area contributed by atoms with Gasteiger partial charge in [-0.1, -0.05) is 30.3 Å². The Kier molecular flexibility index (Phi) is 6.97. The number of hydrogen-bond donors (Lipinski definition) is 1. The van der Waals surface area contributed by atoms with E-state index < -0.39 is 22.8 Å². The first kappa shape index (κ1) is 24.7. The molecule has 0 spiro atoms. The van der Waals surface area contributed by atoms with Gasteiger partial charge in [0.15, 0.2) is 0 Å². The molecular weight excluding hydrogens is 484 g/mol. The van der Waals surface area contributed by atoms with E-state index in [0.717, 1.165) is 4.90 Å². The van der Waals surface area contributed by atoms with Crippen molar-refractivity contribution in [2.24, 2.45) is 0 Å². The monoisotopic (exact) mass is 502 g/mol. The number of para-hydroxylation sites is 1. The molecule has 1 fully saturated rings. The van der Waals surface area contributed by atoms with Crippen LogP contribution in [0.25, 0.3) is 6.08 Å². The Morgan fingerprint density at radius 1 is 1.19 bits per heavy atom. The van der Waals surface area contributed by atoms with E-state index in [1.165, 1.54) is 43.5 Å². The summed E-state index contributed by atoms with van der Waals surface area (Å²) in [6, 6.07) is 14.9. The molecular formula is C25H18N4O8. The van der Waals surface area contributed by atoms with Crippen LogP contribution in [0.4, 0.5) is 10.5 Å². The van der Waals surface area contributed by atoms with Gasteiger partial charge in [-0.2, -0.15) is 5.26 Å². The summed E-state index contributed by atoms with van der Waals surface area (Å²) in [7, 11) is 1.19. The molecule has 1 aliphatic heterocycles. The topological polar surface area (TPSA) is 165 Å². The zero-order valence-electron chi connectivity index (χ0n) is 19.3. The molecule has 0 aliphatic carbocycles. The van der Waals surface area contributed by atoms with E-state index in [4.69, 9.17) is 9.15 Å². The Bertz CT molecular complexity index is 1480. The van der Waals surface area contributed by atoms with E-state index in [0.29, 0.717) is 11.1 Å². The number of amides is 3. The molecule has 0 radical (unpaired) electrons. The van der Waals surface area contributed by atoms with Crippen LogP contribution in [0.1, 0.15) is 33.0 Å². The maximum absolute atomic E-state index is 12.9. The van der Waals surface area contributed by atoms with Crippen LogP contribution in [0.2, 0.25) is 0 Å². The van der Waals surface area contributed by atoms with Crippen LogP contribution in [0.15, 0.2) is 64.7 Å². The van der Waals surface area contributed by atoms with Gasteiger partial charge in [-0.05, 0) is 24.3 Å². The molecule has 3 aromatic rings. The number of methoxy groups -OCH3 is 1. The Morgan fingerprint density at radius 2 is 1.97 bits per heavy atom. The zero-order chi connectivity index (χ0) is 26.5. The molecule has 0 bridgehead atoms. The number of urea groups is 1. The van der Waals surface area contributed by atoms with Gasteiger partial charge in [0.05, 0.1) is 30.2 Å². The first-order valence-electron chi connectivity index (χ1n) is 10.7. The van der Waals surface area contributed by atoms with Gasteiger partial charge in [0.2, 0.25) is 11.5 Å². The predicted octanol–water partition coefficient (Wildman–Crippen LogP) is 3.52. The van der Waals surface area contributed by atoms with Crippen LogP contribution < -0.4 is 10.1 Å². The number of carbonyl (C=O) groups is 3. The number of hydrogen-bond acceptors (Lipinski definition) is 9. The van der Waals surface area contributed by atoms with Gasteiger partial charge in [-0.25, -0.2) is 9.59 Å². The molecule has 0 atom stereocenters. The van der Waals surface area contributed by atoms with Gasteiger partial charge in [-0.15, -0.1) is 0 Å². The summed E-state index contributed by atoms with van der Waals surface area (Å²) < 4.78 is 15.6. The van der Waals surface area contributed by atoms with Gasteiger partial charge in [-0.3, -0.25) is 19.8 Å². The Labute approximate surface area is 209 Å². The molecule has 0 unspecified atom stereocenters. The van der Waals surface area contributed by atoms with Crippen molar-refractivity contribution in [2.45, 2.75) is 13.2 Å². The van der Waals surface area contributed by atoms with Crippen molar-refractivity contribution in [3.05, 3.63) is 98.6 Å². The highest BCUT2D eigenvalue weighted by atomic mass is 16.6. The van der Waals surface area contributed by atoms with Crippen molar-refractivity contribution in [2.75, 3.05) is 7.11 Å². The average molecular weight is 502 g/mol. The lowest BCUT2D eigenvalue weighted by molar-refractivity contribution is -0.386. The van der Waals surface area contributed by atoms with E-state index in [9.17, 15) is 29.8 Å². The molecule has 2 heterocycles. The van der Waals surface area contributed by atoms with E-state index >= 15 is 0 Å². The van der Waals surface area contributed by atoms with Crippen molar-refractivity contribution in [1.82, 2.24) is 10.2 Å². The van der Waals surface area contributed by atoms with Crippen molar-refractivity contribution in [1.29, 1.82) is 5.26 Å². The van der Waals surface area contributed by atoms with E-state index in [1.807, 2.05) is 6.07 Å². The third-order valence-corrected chi connectivity index (χ3v) is 5.36. The highest BCUT2D eigenvalue weighted by molar-refractivity contribution is 6.14. The fraction of sp³-hybridized carbons (Fsp3) is 0.120. The predicted molar refractivity (Wildman–Crippen MR) is 126 cm³/mol. The smallest absolute Gasteiger partial charge is 0.373 e. The van der Waals surface area contributed by atoms with Gasteiger partial charge in [0.25, 0.3) is 5.91 Å². The minimum absolute atomic E-state index is 0.0864. The number of ether oxygens (including phenoxy) is 2. The highest BCUT2D eigenvalue weighted by Crippen LogP contribution is 2.34. The summed E-state index contributed by atoms with van der Waals surface area (Å²) in [5.41, 5.74) is 0.530. The lowest BCUT2D eigenvalue weighted by Gasteiger charge is -2.11. The average Bonchev–Trinajstić information content (AvgIpc) is 3.47. The van der Waals surface area contributed by atoms with Crippen molar-refractivity contribution >= 4 is 29.7 Å². The van der Waals surface area contributed by atoms with Crippen LogP contribution >= 0.6 is 0 Å². The van der Waals surface area contributed by atoms with Crippen molar-refractivity contribution in [3.8, 4) is 11.8 Å². The fourth-order valence-electron chi connectivity index (χ4n) is 3.56. The van der Waals surface area contributed by atoms with Crippen LogP contribution in [-0.4, -0.2) is 34.8 Å². The summed E-state index contributed by atoms with van der Waals surface area (Å²) in [6.07, 6.45) is 1.26. The number of nitrogens with zero attached hydrogens (tertiary/aromatic N) is 3. The summed E-state index contributed by atoms with van der Waals surface area (Å²) in [4.78, 5) is 48.9. The summed E-state index contributed by atoms with van der Waals surface area (Å²) >= 11 is 0. The minimum Gasteiger partial charge on any atom is -0.481 e. The number of nitro groups is 1. The number of nitriles is 1. The number of rotatable bonds is 8. The number of imide groups is 1. The van der Waals surface area contributed by atoms with Gasteiger partial charge >= 0.3 is 17.7 Å². The quantitative estimate of drug-likeness (QED) is 0.159. The lowest BCUT2D eigenvalue weighted by Crippen LogP contribution is -2.30. The first-order valence-corrected chi connectivity index (χ1v) is 10.7. The molecule has 186 valence electrons. The first-order chi connectivity index (χ1) is 17.8. The van der Waals surface area contributed by atoms with Crippen LogP contribution in [0.5, 0.6) is 5.75 Å². The highest BCUT2D eigenvalue weighted by Gasteiger charge is 2.35. The summed E-state index contributed by atoms with van der Waals surface area (Å²) in [6.45, 7) is -0.402. The second kappa shape index (κ2) is 10.4. The van der Waals surface area contributed by atoms with Crippen LogP contribution in [-0.2, 0) is 22.7 Å². The number of benzene rings is 2. The Hall–Kier alpha value is -5.44. The molecule has 4 rings (SSSR count). The number of nitrogens with one attached hydrogen (secondary N) is 1. The van der Waals surface area contributed by atoms with Gasteiger partial charge in [0.1, 0.15) is 18.1 Å². The van der Waals surface area contributed by atoms with Crippen molar-refractivity contribution < 1.29 is 33.2 Å². The van der Waals surface area contributed by atoms with Crippen LogP contribution in [0.3, 0.4) is 0 Å². The lowest BCUT2D eigenvalue weighted by atomic mass is 10.1. The third-order valence-electron chi connectivity index (χ3n) is 5.36. The molecule has 1 aliphatic rings. The number of esters is 1. The molecule has 37 heavy (non-hydrogen) atoms. The molecule has 12 nitrogen and oxygen atoms in total. The third kappa shape index (κ3) is 5.15. The zero-order valence-corrected chi connectivity index (χ0v) is 19.3. The van der Waals surface area contributed by atoms with Gasteiger partial charge < -0.3 is 19.2 Å². The van der Waals surface area contributed by atoms with Gasteiger partial charge in [0, 0.05) is 17.2 Å². The fourth-order valence-corrected chi connectivity index (χ4v) is 3.56. The Morgan fingerprint density at radius 3 is 2.70 bits per heavy atom. The molecule has 12 heteroatoms. The SMILES string of the molecule is COC(=O)c1ccc(CN2C(=O)N/C(=C\c3cccc([N+](=O)[O-])c3OCc3ccccc3C#N)C2=O)o1. The number of nitro benzene ring substituents is 1.